The number of aromatic nitrogens is 4. The average molecular weight is 390 g/mol. The minimum Gasteiger partial charge on any atom is -0.497 e. The second-order valence-electron chi connectivity index (χ2n) is 6.26. The highest BCUT2D eigenvalue weighted by molar-refractivity contribution is 5.91. The first-order valence-electron chi connectivity index (χ1n) is 9.11. The van der Waals surface area contributed by atoms with Crippen LogP contribution in [-0.4, -0.2) is 33.1 Å². The molecule has 7 nitrogen and oxygen atoms in total. The maximum atomic E-state index is 13.0. The summed E-state index contributed by atoms with van der Waals surface area (Å²) in [6, 6.07) is 13.7. The Morgan fingerprint density at radius 1 is 1.17 bits per heavy atom. The van der Waals surface area contributed by atoms with Gasteiger partial charge in [-0.2, -0.15) is 10.2 Å². The molecule has 146 valence electrons. The number of halogens is 1. The molecule has 0 spiro atoms. The summed E-state index contributed by atoms with van der Waals surface area (Å²) in [5.41, 5.74) is 6.09. The van der Waals surface area contributed by atoms with Crippen molar-refractivity contribution >= 4 is 23.1 Å². The van der Waals surface area contributed by atoms with Gasteiger partial charge in [0.15, 0.2) is 11.5 Å². The zero-order valence-corrected chi connectivity index (χ0v) is 16.0. The Morgan fingerprint density at radius 3 is 2.76 bits per heavy atom. The molecule has 0 radical (unpaired) electrons. The molecule has 0 saturated heterocycles. The summed E-state index contributed by atoms with van der Waals surface area (Å²) in [4.78, 5) is 8.76. The van der Waals surface area contributed by atoms with Crippen LogP contribution in [0.4, 0.5) is 10.2 Å². The van der Waals surface area contributed by atoms with Gasteiger partial charge in [-0.05, 0) is 36.2 Å². The molecule has 4 rings (SSSR count). The second kappa shape index (κ2) is 8.05. The molecule has 0 bridgehead atoms. The first-order chi connectivity index (χ1) is 14.2. The topological polar surface area (TPSA) is 77.2 Å². The molecule has 2 aromatic heterocycles. The Balaban J connectivity index is 1.72. The van der Waals surface area contributed by atoms with Gasteiger partial charge in [0.2, 0.25) is 0 Å². The Bertz CT molecular complexity index is 1170. The van der Waals surface area contributed by atoms with Gasteiger partial charge in [0.1, 0.15) is 17.9 Å². The van der Waals surface area contributed by atoms with Crippen molar-refractivity contribution in [1.29, 1.82) is 0 Å². The van der Waals surface area contributed by atoms with E-state index in [0.717, 1.165) is 28.1 Å². The molecule has 4 aromatic rings. The first-order valence-corrected chi connectivity index (χ1v) is 9.11. The Hall–Kier alpha value is -3.81. The van der Waals surface area contributed by atoms with E-state index in [1.807, 2.05) is 31.2 Å². The van der Waals surface area contributed by atoms with E-state index in [1.54, 1.807) is 30.1 Å². The SMILES string of the molecule is CCc1nn(-c2cccc(OC)c2)c2ncnc(N/N=C/c3ccc(F)cc3)c12. The van der Waals surface area contributed by atoms with E-state index in [9.17, 15) is 4.39 Å². The molecule has 2 heterocycles. The Labute approximate surface area is 166 Å². The Morgan fingerprint density at radius 2 is 2.00 bits per heavy atom. The third kappa shape index (κ3) is 3.77. The number of anilines is 1. The van der Waals surface area contributed by atoms with Crippen LogP contribution in [0, 0.1) is 5.82 Å². The molecule has 29 heavy (non-hydrogen) atoms. The van der Waals surface area contributed by atoms with Crippen molar-refractivity contribution in [3.8, 4) is 11.4 Å². The van der Waals surface area contributed by atoms with E-state index in [-0.39, 0.29) is 5.82 Å². The van der Waals surface area contributed by atoms with Crippen LogP contribution in [0.5, 0.6) is 5.75 Å². The molecule has 0 amide bonds. The van der Waals surface area contributed by atoms with Gasteiger partial charge in [-0.1, -0.05) is 25.1 Å². The number of benzene rings is 2. The lowest BCUT2D eigenvalue weighted by molar-refractivity contribution is 0.414. The van der Waals surface area contributed by atoms with E-state index >= 15 is 0 Å². The van der Waals surface area contributed by atoms with Crippen molar-refractivity contribution in [2.45, 2.75) is 13.3 Å². The summed E-state index contributed by atoms with van der Waals surface area (Å²) >= 11 is 0. The maximum Gasteiger partial charge on any atom is 0.168 e. The van der Waals surface area contributed by atoms with E-state index in [4.69, 9.17) is 9.84 Å². The largest absolute Gasteiger partial charge is 0.497 e. The molecule has 0 saturated carbocycles. The van der Waals surface area contributed by atoms with Gasteiger partial charge in [0.05, 0.1) is 30.1 Å². The quantitative estimate of drug-likeness (QED) is 0.398. The maximum absolute atomic E-state index is 13.0. The van der Waals surface area contributed by atoms with Crippen molar-refractivity contribution in [2.24, 2.45) is 5.10 Å². The van der Waals surface area contributed by atoms with E-state index < -0.39 is 0 Å². The van der Waals surface area contributed by atoms with Gasteiger partial charge in [0, 0.05) is 6.07 Å². The number of methoxy groups -OCH3 is 1. The summed E-state index contributed by atoms with van der Waals surface area (Å²) in [6.45, 7) is 2.02. The average Bonchev–Trinajstić information content (AvgIpc) is 3.15. The van der Waals surface area contributed by atoms with Crippen LogP contribution in [0.3, 0.4) is 0 Å². The molecular formula is C21H19FN6O. The number of aryl methyl sites for hydroxylation is 1. The number of hydrazone groups is 1. The van der Waals surface area contributed by atoms with Gasteiger partial charge < -0.3 is 4.74 Å². The standard InChI is InChI=1S/C21H19FN6O/c1-3-18-19-20(26-25-12-14-7-9-15(22)10-8-14)23-13-24-21(19)28(27-18)16-5-4-6-17(11-16)29-2/h4-13H,3H2,1-2H3,(H,23,24,26)/b25-12+. The molecule has 0 aliphatic rings. The number of ether oxygens (including phenoxy) is 1. The summed E-state index contributed by atoms with van der Waals surface area (Å²) in [7, 11) is 1.63. The van der Waals surface area contributed by atoms with Crippen molar-refractivity contribution in [2.75, 3.05) is 12.5 Å². The summed E-state index contributed by atoms with van der Waals surface area (Å²) in [6.07, 6.45) is 3.78. The van der Waals surface area contributed by atoms with Crippen LogP contribution in [0.1, 0.15) is 18.2 Å². The van der Waals surface area contributed by atoms with Gasteiger partial charge >= 0.3 is 0 Å². The lowest BCUT2D eigenvalue weighted by atomic mass is 10.2. The molecule has 0 fully saturated rings. The lowest BCUT2D eigenvalue weighted by Crippen LogP contribution is -2.00. The van der Waals surface area contributed by atoms with Crippen LogP contribution in [0.15, 0.2) is 60.0 Å². The lowest BCUT2D eigenvalue weighted by Gasteiger charge is -2.06. The van der Waals surface area contributed by atoms with Gasteiger partial charge in [-0.25, -0.2) is 19.0 Å². The predicted molar refractivity (Wildman–Crippen MR) is 110 cm³/mol. The first kappa shape index (κ1) is 18.5. The minimum absolute atomic E-state index is 0.287. The number of rotatable bonds is 6. The zero-order chi connectivity index (χ0) is 20.2. The molecule has 0 aliphatic carbocycles. The number of hydrogen-bond acceptors (Lipinski definition) is 6. The highest BCUT2D eigenvalue weighted by Gasteiger charge is 2.16. The number of hydrogen-bond donors (Lipinski definition) is 1. The molecular weight excluding hydrogens is 371 g/mol. The molecule has 2 aromatic carbocycles. The van der Waals surface area contributed by atoms with E-state index in [1.165, 1.54) is 18.5 Å². The van der Waals surface area contributed by atoms with Crippen molar-refractivity contribution in [3.63, 3.8) is 0 Å². The fourth-order valence-corrected chi connectivity index (χ4v) is 2.99. The summed E-state index contributed by atoms with van der Waals surface area (Å²) in [5.74, 6) is 1.00. The van der Waals surface area contributed by atoms with Crippen LogP contribution in [0.2, 0.25) is 0 Å². The van der Waals surface area contributed by atoms with Gasteiger partial charge in [-0.3, -0.25) is 5.43 Å². The normalized spacial score (nSPS) is 11.3. The zero-order valence-electron chi connectivity index (χ0n) is 16.0. The van der Waals surface area contributed by atoms with Crippen LogP contribution in [0.25, 0.3) is 16.7 Å². The van der Waals surface area contributed by atoms with Crippen molar-refractivity contribution < 1.29 is 9.13 Å². The monoisotopic (exact) mass is 390 g/mol. The van der Waals surface area contributed by atoms with Crippen LogP contribution in [-0.2, 0) is 6.42 Å². The minimum atomic E-state index is -0.287. The second-order valence-corrected chi connectivity index (χ2v) is 6.26. The van der Waals surface area contributed by atoms with Crippen LogP contribution >= 0.6 is 0 Å². The Kier molecular flexibility index (Phi) is 5.15. The molecule has 0 aliphatic heterocycles. The van der Waals surface area contributed by atoms with E-state index in [0.29, 0.717) is 17.9 Å². The van der Waals surface area contributed by atoms with E-state index in [2.05, 4.69) is 20.5 Å². The molecule has 0 unspecified atom stereocenters. The number of fused-ring (bicyclic) bond motifs is 1. The highest BCUT2D eigenvalue weighted by Crippen LogP contribution is 2.27. The van der Waals surface area contributed by atoms with Gasteiger partial charge in [0.25, 0.3) is 0 Å². The third-order valence-corrected chi connectivity index (χ3v) is 4.42. The summed E-state index contributed by atoms with van der Waals surface area (Å²) < 4.78 is 20.1. The van der Waals surface area contributed by atoms with Crippen molar-refractivity contribution in [3.05, 3.63) is 71.9 Å². The number of nitrogens with one attached hydrogen (secondary N) is 1. The third-order valence-electron chi connectivity index (χ3n) is 4.42. The van der Waals surface area contributed by atoms with Crippen LogP contribution < -0.4 is 10.2 Å². The molecule has 1 N–H and O–H groups in total. The van der Waals surface area contributed by atoms with Crippen molar-refractivity contribution in [1.82, 2.24) is 19.7 Å². The fourth-order valence-electron chi connectivity index (χ4n) is 2.99. The molecule has 0 atom stereocenters. The summed E-state index contributed by atoms with van der Waals surface area (Å²) in [5, 5.41) is 9.75. The smallest absolute Gasteiger partial charge is 0.168 e. The molecule has 8 heteroatoms. The highest BCUT2D eigenvalue weighted by atomic mass is 19.1. The predicted octanol–water partition coefficient (Wildman–Crippen LogP) is 3.97. The fraction of sp³-hybridized carbons (Fsp3) is 0.143. The number of nitrogens with zero attached hydrogens (tertiary/aromatic N) is 5. The van der Waals surface area contributed by atoms with Gasteiger partial charge in [-0.15, -0.1) is 0 Å².